The minimum absolute atomic E-state index is 0.0670. The summed E-state index contributed by atoms with van der Waals surface area (Å²) in [6.07, 6.45) is 9.78. The van der Waals surface area contributed by atoms with Crippen LogP contribution in [0.3, 0.4) is 0 Å². The summed E-state index contributed by atoms with van der Waals surface area (Å²) in [6, 6.07) is 18.2. The van der Waals surface area contributed by atoms with Crippen LogP contribution in [0.5, 0.6) is 5.88 Å². The highest BCUT2D eigenvalue weighted by atomic mass is 35.5. The third-order valence-electron chi connectivity index (χ3n) is 10.7. The fourth-order valence-electron chi connectivity index (χ4n) is 7.83. The van der Waals surface area contributed by atoms with Gasteiger partial charge in [-0.25, -0.2) is 9.97 Å². The zero-order chi connectivity index (χ0) is 38.1. The van der Waals surface area contributed by atoms with Crippen molar-refractivity contribution in [2.75, 3.05) is 20.2 Å². The molecule has 5 heterocycles. The Labute approximate surface area is 328 Å². The summed E-state index contributed by atoms with van der Waals surface area (Å²) in [5.74, 6) is 0.668. The number of hydrogen-bond acceptors (Lipinski definition) is 8. The highest BCUT2D eigenvalue weighted by Gasteiger charge is 2.24. The summed E-state index contributed by atoms with van der Waals surface area (Å²) in [5, 5.41) is 13.7. The van der Waals surface area contributed by atoms with Crippen molar-refractivity contribution < 1.29 is 14.3 Å². The van der Waals surface area contributed by atoms with Gasteiger partial charge in [0.2, 0.25) is 17.7 Å². The first-order valence-corrected chi connectivity index (χ1v) is 19.4. The molecule has 1 aliphatic carbocycles. The molecule has 2 saturated heterocycles. The number of carbonyl (C=O) groups excluding carboxylic acids is 2. The van der Waals surface area contributed by atoms with E-state index in [4.69, 9.17) is 32.9 Å². The maximum absolute atomic E-state index is 13.3. The SMILES string of the molecule is COc1nc(/C=C2/CCc3c2cccc3-c2cccc(-c3ccn4c(=O)c(CNC[C@H]5CCC(=O)N5)cnc4c3)c2Cl)c(Cl)cc1CNC[C@@H]1CCC(=O)N1. The minimum Gasteiger partial charge on any atom is -0.481 e. The summed E-state index contributed by atoms with van der Waals surface area (Å²) in [4.78, 5) is 45.8. The van der Waals surface area contributed by atoms with Crippen molar-refractivity contribution in [2.45, 2.75) is 63.7 Å². The number of hydrogen-bond donors (Lipinski definition) is 4. The Hall–Kier alpha value is -5.07. The number of allylic oxidation sites excluding steroid dienone is 1. The molecular formula is C42H41Cl2N7O4. The monoisotopic (exact) mass is 777 g/mol. The van der Waals surface area contributed by atoms with Crippen molar-refractivity contribution in [3.63, 3.8) is 0 Å². The van der Waals surface area contributed by atoms with E-state index in [1.807, 2.05) is 42.5 Å². The van der Waals surface area contributed by atoms with Crippen molar-refractivity contribution in [3.8, 4) is 28.1 Å². The Morgan fingerprint density at radius 3 is 2.20 bits per heavy atom. The second-order valence-electron chi connectivity index (χ2n) is 14.3. The molecule has 0 unspecified atom stereocenters. The predicted octanol–water partition coefficient (Wildman–Crippen LogP) is 5.96. The summed E-state index contributed by atoms with van der Waals surface area (Å²) >= 11 is 14.0. The Balaban J connectivity index is 1.01. The van der Waals surface area contributed by atoms with Gasteiger partial charge in [-0.1, -0.05) is 59.6 Å². The first-order valence-electron chi connectivity index (χ1n) is 18.6. The van der Waals surface area contributed by atoms with E-state index < -0.39 is 0 Å². The number of amides is 2. The Morgan fingerprint density at radius 1 is 0.836 bits per heavy atom. The van der Waals surface area contributed by atoms with Crippen LogP contribution in [0.4, 0.5) is 0 Å². The van der Waals surface area contributed by atoms with E-state index in [1.165, 1.54) is 5.56 Å². The average Bonchev–Trinajstić information content (AvgIpc) is 3.93. The number of benzene rings is 2. The number of fused-ring (bicyclic) bond motifs is 2. The molecule has 4 N–H and O–H groups in total. The van der Waals surface area contributed by atoms with E-state index in [0.29, 0.717) is 71.9 Å². The highest BCUT2D eigenvalue weighted by molar-refractivity contribution is 6.36. The van der Waals surface area contributed by atoms with Crippen LogP contribution in [-0.2, 0) is 29.1 Å². The average molecular weight is 779 g/mol. The molecule has 13 heteroatoms. The van der Waals surface area contributed by atoms with E-state index in [-0.39, 0.29) is 29.5 Å². The zero-order valence-corrected chi connectivity index (χ0v) is 31.9. The number of carbonyl (C=O) groups is 2. The van der Waals surface area contributed by atoms with E-state index in [9.17, 15) is 14.4 Å². The molecule has 2 fully saturated rings. The number of rotatable bonds is 12. The second kappa shape index (κ2) is 16.0. The van der Waals surface area contributed by atoms with Crippen LogP contribution in [0.25, 0.3) is 39.6 Å². The fourth-order valence-corrected chi connectivity index (χ4v) is 8.40. The van der Waals surface area contributed by atoms with E-state index >= 15 is 0 Å². The van der Waals surface area contributed by atoms with E-state index in [1.54, 1.807) is 23.9 Å². The van der Waals surface area contributed by atoms with Gasteiger partial charge in [0.25, 0.3) is 5.56 Å². The van der Waals surface area contributed by atoms with Crippen LogP contribution >= 0.6 is 23.2 Å². The number of ether oxygens (including phenoxy) is 1. The third-order valence-corrected chi connectivity index (χ3v) is 11.4. The zero-order valence-electron chi connectivity index (χ0n) is 30.4. The number of nitrogens with one attached hydrogen (secondary N) is 4. The molecule has 8 rings (SSSR count). The lowest BCUT2D eigenvalue weighted by Crippen LogP contribution is -2.36. The largest absolute Gasteiger partial charge is 0.481 e. The molecule has 0 spiro atoms. The molecule has 5 aromatic rings. The molecule has 3 aromatic heterocycles. The van der Waals surface area contributed by atoms with Crippen molar-refractivity contribution in [3.05, 3.63) is 115 Å². The van der Waals surface area contributed by atoms with Crippen LogP contribution in [0.15, 0.2) is 71.8 Å². The number of pyridine rings is 2. The number of halogens is 2. The van der Waals surface area contributed by atoms with E-state index in [0.717, 1.165) is 64.6 Å². The van der Waals surface area contributed by atoms with Gasteiger partial charge in [0.05, 0.1) is 22.8 Å². The molecule has 3 aliphatic rings. The lowest BCUT2D eigenvalue weighted by molar-refractivity contribution is -0.120. The van der Waals surface area contributed by atoms with E-state index in [2.05, 4.69) is 44.5 Å². The summed E-state index contributed by atoms with van der Waals surface area (Å²) < 4.78 is 7.21. The van der Waals surface area contributed by atoms with Gasteiger partial charge in [-0.15, -0.1) is 0 Å². The van der Waals surface area contributed by atoms with Gasteiger partial charge < -0.3 is 26.0 Å². The number of methoxy groups -OCH3 is 1. The summed E-state index contributed by atoms with van der Waals surface area (Å²) in [7, 11) is 1.61. The molecule has 2 aliphatic heterocycles. The molecule has 2 aromatic carbocycles. The molecule has 2 amide bonds. The lowest BCUT2D eigenvalue weighted by atomic mass is 9.93. The maximum atomic E-state index is 13.3. The number of aromatic nitrogens is 3. The van der Waals surface area contributed by atoms with Crippen molar-refractivity contribution >= 4 is 52.3 Å². The normalized spacial score (nSPS) is 18.6. The molecule has 55 heavy (non-hydrogen) atoms. The van der Waals surface area contributed by atoms with Gasteiger partial charge in [0.15, 0.2) is 0 Å². The van der Waals surface area contributed by atoms with Gasteiger partial charge in [-0.05, 0) is 77.8 Å². The maximum Gasteiger partial charge on any atom is 0.262 e. The Morgan fingerprint density at radius 2 is 1.51 bits per heavy atom. The van der Waals surface area contributed by atoms with Gasteiger partial charge in [0.1, 0.15) is 5.65 Å². The quantitative estimate of drug-likeness (QED) is 0.122. The van der Waals surface area contributed by atoms with Crippen LogP contribution in [0, 0.1) is 0 Å². The smallest absolute Gasteiger partial charge is 0.262 e. The van der Waals surface area contributed by atoms with Gasteiger partial charge in [0, 0.05) is 85.8 Å². The van der Waals surface area contributed by atoms with Crippen LogP contribution in [-0.4, -0.2) is 58.5 Å². The van der Waals surface area contributed by atoms with Crippen LogP contribution in [0.1, 0.15) is 60.1 Å². The lowest BCUT2D eigenvalue weighted by Gasteiger charge is -2.15. The van der Waals surface area contributed by atoms with Crippen molar-refractivity contribution in [1.82, 2.24) is 35.6 Å². The standard InChI is InChI=1S/C42H41Cl2N7O4/c1-55-41-26(19-45-22-28-9-12-38(52)48-28)16-35(43)36(50-41)17-24-8-11-33-30(24)4-2-6-32(33)34-7-3-5-31(40(34)44)25-14-15-51-37(18-25)47-21-27(42(51)54)20-46-23-29-10-13-39(53)49-29/h2-7,14-18,21,28-29,45-46H,8-13,19-20,22-23H2,1H3,(H,48,52)(H,49,53)/b24-17-/t28-,29+/m0/s1. The summed E-state index contributed by atoms with van der Waals surface area (Å²) in [5.41, 5.74) is 9.59. The fraction of sp³-hybridized carbons (Fsp3) is 0.310. The van der Waals surface area contributed by atoms with Gasteiger partial charge in [-0.3, -0.25) is 18.8 Å². The molecule has 282 valence electrons. The summed E-state index contributed by atoms with van der Waals surface area (Å²) in [6.45, 7) is 2.14. The van der Waals surface area contributed by atoms with Crippen molar-refractivity contribution in [1.29, 1.82) is 0 Å². The molecule has 11 nitrogen and oxygen atoms in total. The molecule has 0 bridgehead atoms. The Bertz CT molecular complexity index is 2410. The highest BCUT2D eigenvalue weighted by Crippen LogP contribution is 2.44. The molecule has 2 atom stereocenters. The Kier molecular flexibility index (Phi) is 10.7. The molecular weight excluding hydrogens is 737 g/mol. The number of nitrogens with zero attached hydrogens (tertiary/aromatic N) is 3. The third kappa shape index (κ3) is 7.75. The minimum atomic E-state index is -0.141. The van der Waals surface area contributed by atoms with Crippen LogP contribution < -0.4 is 31.6 Å². The first kappa shape index (κ1) is 36.9. The predicted molar refractivity (Wildman–Crippen MR) is 215 cm³/mol. The first-order chi connectivity index (χ1) is 26.7. The topological polar surface area (TPSA) is 139 Å². The van der Waals surface area contributed by atoms with Gasteiger partial charge >= 0.3 is 0 Å². The molecule has 0 radical (unpaired) electrons. The van der Waals surface area contributed by atoms with Crippen molar-refractivity contribution in [2.24, 2.45) is 0 Å². The van der Waals surface area contributed by atoms with Gasteiger partial charge in [-0.2, -0.15) is 0 Å². The van der Waals surface area contributed by atoms with Crippen LogP contribution in [0.2, 0.25) is 10.0 Å². The second-order valence-corrected chi connectivity index (χ2v) is 15.1. The molecule has 0 saturated carbocycles.